The van der Waals surface area contributed by atoms with Gasteiger partial charge in [-0.3, -0.25) is 9.59 Å². The average Bonchev–Trinajstić information content (AvgIpc) is 2.53. The Balaban J connectivity index is 2.08. The van der Waals surface area contributed by atoms with Gasteiger partial charge in [0.05, 0.1) is 7.11 Å². The molecule has 1 N–H and O–H groups in total. The van der Waals surface area contributed by atoms with Gasteiger partial charge < -0.3 is 10.1 Å². The van der Waals surface area contributed by atoms with E-state index in [1.807, 2.05) is 0 Å². The minimum absolute atomic E-state index is 0.0964. The van der Waals surface area contributed by atoms with Crippen molar-refractivity contribution in [3.63, 3.8) is 0 Å². The number of benzene rings is 2. The van der Waals surface area contributed by atoms with E-state index in [4.69, 9.17) is 4.74 Å². The zero-order chi connectivity index (χ0) is 16.8. The molecule has 0 heterocycles. The van der Waals surface area contributed by atoms with Crippen LogP contribution in [0.4, 0.5) is 10.1 Å². The lowest BCUT2D eigenvalue weighted by Crippen LogP contribution is -2.05. The van der Waals surface area contributed by atoms with Crippen molar-refractivity contribution >= 4 is 23.5 Å². The standard InChI is InChI=1S/C18H16FNO3/c1-12(21)20-15-7-3-13(4-8-15)5-9-17(22)14-6-10-18(23-2)16(19)11-14/h3-11H,1-2H3,(H,20,21). The average molecular weight is 313 g/mol. The molecule has 0 saturated carbocycles. The number of hydrogen-bond acceptors (Lipinski definition) is 3. The number of carbonyl (C=O) groups excluding carboxylic acids is 2. The number of amides is 1. The van der Waals surface area contributed by atoms with E-state index < -0.39 is 5.82 Å². The van der Waals surface area contributed by atoms with Gasteiger partial charge in [0.2, 0.25) is 5.91 Å². The molecule has 0 aliphatic heterocycles. The Kier molecular flexibility index (Phi) is 5.25. The smallest absolute Gasteiger partial charge is 0.221 e. The second-order valence-corrected chi connectivity index (χ2v) is 4.85. The summed E-state index contributed by atoms with van der Waals surface area (Å²) in [6.45, 7) is 1.43. The largest absolute Gasteiger partial charge is 0.494 e. The maximum absolute atomic E-state index is 13.6. The van der Waals surface area contributed by atoms with Crippen LogP contribution >= 0.6 is 0 Å². The van der Waals surface area contributed by atoms with Crippen molar-refractivity contribution in [2.24, 2.45) is 0 Å². The molecule has 0 bridgehead atoms. The van der Waals surface area contributed by atoms with Crippen LogP contribution in [0.5, 0.6) is 5.75 Å². The molecule has 0 aliphatic rings. The Morgan fingerprint density at radius 1 is 1.13 bits per heavy atom. The predicted molar refractivity (Wildman–Crippen MR) is 87.1 cm³/mol. The van der Waals surface area contributed by atoms with Crippen LogP contribution in [-0.2, 0) is 4.79 Å². The molecule has 2 aromatic rings. The number of carbonyl (C=O) groups is 2. The molecule has 0 radical (unpaired) electrons. The fourth-order valence-electron chi connectivity index (χ4n) is 1.97. The van der Waals surface area contributed by atoms with Gasteiger partial charge in [0, 0.05) is 18.2 Å². The lowest BCUT2D eigenvalue weighted by Gasteiger charge is -2.03. The van der Waals surface area contributed by atoms with Crippen molar-refractivity contribution in [3.8, 4) is 5.75 Å². The molecule has 1 amide bonds. The summed E-state index contributed by atoms with van der Waals surface area (Å²) in [5.41, 5.74) is 1.72. The summed E-state index contributed by atoms with van der Waals surface area (Å²) in [5.74, 6) is -0.937. The summed E-state index contributed by atoms with van der Waals surface area (Å²) in [6.07, 6.45) is 3.00. The fraction of sp³-hybridized carbons (Fsp3) is 0.111. The highest BCUT2D eigenvalue weighted by molar-refractivity contribution is 6.06. The summed E-state index contributed by atoms with van der Waals surface area (Å²) >= 11 is 0. The molecule has 0 saturated heterocycles. The molecular weight excluding hydrogens is 297 g/mol. The van der Waals surface area contributed by atoms with Crippen LogP contribution in [0.25, 0.3) is 6.08 Å². The highest BCUT2D eigenvalue weighted by Gasteiger charge is 2.07. The number of hydrogen-bond donors (Lipinski definition) is 1. The minimum Gasteiger partial charge on any atom is -0.494 e. The summed E-state index contributed by atoms with van der Waals surface area (Å²) in [6, 6.07) is 11.1. The number of nitrogens with one attached hydrogen (secondary N) is 1. The number of anilines is 1. The van der Waals surface area contributed by atoms with Crippen molar-refractivity contribution in [1.82, 2.24) is 0 Å². The van der Waals surface area contributed by atoms with Crippen molar-refractivity contribution in [3.05, 3.63) is 65.5 Å². The van der Waals surface area contributed by atoms with E-state index in [2.05, 4.69) is 5.32 Å². The van der Waals surface area contributed by atoms with Crippen LogP contribution in [0.15, 0.2) is 48.5 Å². The Morgan fingerprint density at radius 2 is 1.83 bits per heavy atom. The number of rotatable bonds is 5. The molecule has 0 aromatic heterocycles. The second-order valence-electron chi connectivity index (χ2n) is 4.85. The number of ketones is 1. The van der Waals surface area contributed by atoms with Crippen LogP contribution in [0.1, 0.15) is 22.8 Å². The van der Waals surface area contributed by atoms with Gasteiger partial charge in [-0.25, -0.2) is 4.39 Å². The quantitative estimate of drug-likeness (QED) is 0.676. The van der Waals surface area contributed by atoms with Crippen molar-refractivity contribution in [2.45, 2.75) is 6.92 Å². The predicted octanol–water partition coefficient (Wildman–Crippen LogP) is 3.69. The Hall–Kier alpha value is -2.95. The maximum Gasteiger partial charge on any atom is 0.221 e. The molecular formula is C18H16FNO3. The number of ether oxygens (including phenoxy) is 1. The van der Waals surface area contributed by atoms with Gasteiger partial charge in [-0.05, 0) is 42.0 Å². The molecule has 5 heteroatoms. The van der Waals surface area contributed by atoms with Gasteiger partial charge in [0.15, 0.2) is 17.3 Å². The lowest BCUT2D eigenvalue weighted by molar-refractivity contribution is -0.114. The molecule has 0 spiro atoms. The topological polar surface area (TPSA) is 55.4 Å². The van der Waals surface area contributed by atoms with Gasteiger partial charge in [0.25, 0.3) is 0 Å². The third kappa shape index (κ3) is 4.51. The minimum atomic E-state index is -0.577. The number of allylic oxidation sites excluding steroid dienone is 1. The van der Waals surface area contributed by atoms with Crippen LogP contribution < -0.4 is 10.1 Å². The monoisotopic (exact) mass is 313 g/mol. The van der Waals surface area contributed by atoms with E-state index in [9.17, 15) is 14.0 Å². The third-order valence-corrected chi connectivity index (χ3v) is 3.09. The molecule has 2 rings (SSSR count). The van der Waals surface area contributed by atoms with Crippen LogP contribution in [0.3, 0.4) is 0 Å². The molecule has 118 valence electrons. The summed E-state index contributed by atoms with van der Waals surface area (Å²) in [4.78, 5) is 23.0. The summed E-state index contributed by atoms with van der Waals surface area (Å²) in [7, 11) is 1.37. The Bertz CT molecular complexity index is 751. The highest BCUT2D eigenvalue weighted by atomic mass is 19.1. The van der Waals surface area contributed by atoms with E-state index in [0.717, 1.165) is 11.6 Å². The first-order chi connectivity index (χ1) is 11.0. The van der Waals surface area contributed by atoms with Gasteiger partial charge in [-0.1, -0.05) is 18.2 Å². The van der Waals surface area contributed by atoms with E-state index in [1.54, 1.807) is 30.3 Å². The maximum atomic E-state index is 13.6. The van der Waals surface area contributed by atoms with E-state index in [1.165, 1.54) is 32.2 Å². The third-order valence-electron chi connectivity index (χ3n) is 3.09. The van der Waals surface area contributed by atoms with Crippen LogP contribution in [-0.4, -0.2) is 18.8 Å². The van der Waals surface area contributed by atoms with Crippen LogP contribution in [0.2, 0.25) is 0 Å². The normalized spacial score (nSPS) is 10.6. The number of halogens is 1. The van der Waals surface area contributed by atoms with Crippen molar-refractivity contribution in [2.75, 3.05) is 12.4 Å². The summed E-state index contributed by atoms with van der Waals surface area (Å²) in [5, 5.41) is 2.66. The first-order valence-corrected chi connectivity index (χ1v) is 6.93. The molecule has 0 fully saturated rings. The van der Waals surface area contributed by atoms with Gasteiger partial charge in [-0.2, -0.15) is 0 Å². The Labute approximate surface area is 133 Å². The van der Waals surface area contributed by atoms with E-state index in [0.29, 0.717) is 5.69 Å². The molecule has 4 nitrogen and oxygen atoms in total. The van der Waals surface area contributed by atoms with Crippen molar-refractivity contribution < 1.29 is 18.7 Å². The molecule has 2 aromatic carbocycles. The second kappa shape index (κ2) is 7.35. The number of methoxy groups -OCH3 is 1. The zero-order valence-electron chi connectivity index (χ0n) is 12.8. The fourth-order valence-corrected chi connectivity index (χ4v) is 1.97. The van der Waals surface area contributed by atoms with Gasteiger partial charge in [0.1, 0.15) is 0 Å². The van der Waals surface area contributed by atoms with E-state index in [-0.39, 0.29) is 23.0 Å². The van der Waals surface area contributed by atoms with Gasteiger partial charge in [-0.15, -0.1) is 0 Å². The molecule has 23 heavy (non-hydrogen) atoms. The molecule has 0 aliphatic carbocycles. The SMILES string of the molecule is COc1ccc(C(=O)C=Cc2ccc(NC(C)=O)cc2)cc1F. The van der Waals surface area contributed by atoms with Crippen molar-refractivity contribution in [1.29, 1.82) is 0 Å². The molecule has 0 atom stereocenters. The Morgan fingerprint density at radius 3 is 2.39 bits per heavy atom. The molecule has 0 unspecified atom stereocenters. The lowest BCUT2D eigenvalue weighted by atomic mass is 10.1. The van der Waals surface area contributed by atoms with Crippen LogP contribution in [0, 0.1) is 5.82 Å². The highest BCUT2D eigenvalue weighted by Crippen LogP contribution is 2.18. The zero-order valence-corrected chi connectivity index (χ0v) is 12.8. The first-order valence-electron chi connectivity index (χ1n) is 6.93. The first kappa shape index (κ1) is 16.4. The summed E-state index contributed by atoms with van der Waals surface area (Å²) < 4.78 is 18.4. The van der Waals surface area contributed by atoms with E-state index >= 15 is 0 Å². The van der Waals surface area contributed by atoms with Gasteiger partial charge >= 0.3 is 0 Å².